The summed E-state index contributed by atoms with van der Waals surface area (Å²) in [5.41, 5.74) is 0.641. The van der Waals surface area contributed by atoms with Gasteiger partial charge in [-0.25, -0.2) is 18.8 Å². The van der Waals surface area contributed by atoms with Crippen molar-refractivity contribution in [2.45, 2.75) is 12.3 Å². The number of benzene rings is 1. The number of para-hydroxylation sites is 1. The molecular formula is C17H15N3O3. The van der Waals surface area contributed by atoms with E-state index in [9.17, 15) is 9.59 Å². The number of allylic oxidation sites excluding steroid dienone is 5. The number of ether oxygens (including phenoxy) is 1. The average Bonchev–Trinajstić information content (AvgIpc) is 2.88. The van der Waals surface area contributed by atoms with Crippen molar-refractivity contribution in [3.63, 3.8) is 0 Å². The number of methoxy groups -OCH3 is 1. The molecule has 0 unspecified atom stereocenters. The summed E-state index contributed by atoms with van der Waals surface area (Å²) in [5.74, 6) is 0. The van der Waals surface area contributed by atoms with Crippen LogP contribution in [-0.2, 0) is 4.74 Å². The molecule has 2 aromatic rings. The molecule has 1 aromatic heterocycles. The van der Waals surface area contributed by atoms with E-state index in [0.29, 0.717) is 5.69 Å². The first-order chi connectivity index (χ1) is 11.2. The molecule has 2 aliphatic rings. The molecule has 23 heavy (non-hydrogen) atoms. The molecular weight excluding hydrogens is 294 g/mol. The van der Waals surface area contributed by atoms with Crippen LogP contribution in [-0.4, -0.2) is 21.0 Å². The largest absolute Gasteiger partial charge is 0.355 e. The molecule has 0 fully saturated rings. The zero-order chi connectivity index (χ0) is 16.0. The lowest BCUT2D eigenvalue weighted by Gasteiger charge is -2.12. The summed E-state index contributed by atoms with van der Waals surface area (Å²) in [6, 6.07) is 8.59. The third kappa shape index (κ3) is 1.85. The monoisotopic (exact) mass is 309 g/mol. The van der Waals surface area contributed by atoms with Crippen molar-refractivity contribution in [3.8, 4) is 5.69 Å². The van der Waals surface area contributed by atoms with Crippen LogP contribution in [0.25, 0.3) is 5.69 Å². The van der Waals surface area contributed by atoms with Crippen molar-refractivity contribution in [2.24, 2.45) is 0 Å². The highest BCUT2D eigenvalue weighted by atomic mass is 16.5. The first kappa shape index (κ1) is 13.8. The Bertz CT molecular complexity index is 957. The van der Waals surface area contributed by atoms with Crippen molar-refractivity contribution >= 4 is 0 Å². The molecule has 1 aliphatic carbocycles. The predicted octanol–water partition coefficient (Wildman–Crippen LogP) is 1.55. The van der Waals surface area contributed by atoms with Crippen LogP contribution in [0.15, 0.2) is 75.9 Å². The second-order valence-corrected chi connectivity index (χ2v) is 5.39. The van der Waals surface area contributed by atoms with Gasteiger partial charge in [0.05, 0.1) is 11.7 Å². The van der Waals surface area contributed by atoms with Gasteiger partial charge in [0.1, 0.15) is 0 Å². The molecule has 2 atom stereocenters. The lowest BCUT2D eigenvalue weighted by Crippen LogP contribution is -2.30. The Morgan fingerprint density at radius 1 is 0.957 bits per heavy atom. The van der Waals surface area contributed by atoms with Gasteiger partial charge in [-0.15, -0.1) is 0 Å². The highest BCUT2D eigenvalue weighted by molar-refractivity contribution is 5.35. The van der Waals surface area contributed by atoms with Gasteiger partial charge in [0.15, 0.2) is 6.23 Å². The van der Waals surface area contributed by atoms with E-state index in [4.69, 9.17) is 4.74 Å². The van der Waals surface area contributed by atoms with Crippen molar-refractivity contribution in [1.82, 2.24) is 13.9 Å². The minimum Gasteiger partial charge on any atom is -0.355 e. The number of aromatic nitrogens is 3. The maximum atomic E-state index is 12.9. The van der Waals surface area contributed by atoms with Gasteiger partial charge in [-0.05, 0) is 12.1 Å². The molecule has 0 spiro atoms. The first-order valence-corrected chi connectivity index (χ1v) is 7.33. The predicted molar refractivity (Wildman–Crippen MR) is 85.7 cm³/mol. The summed E-state index contributed by atoms with van der Waals surface area (Å²) in [5, 5.41) is 0. The Morgan fingerprint density at radius 3 is 2.43 bits per heavy atom. The minimum atomic E-state index is -0.586. The van der Waals surface area contributed by atoms with Crippen molar-refractivity contribution in [2.75, 3.05) is 7.11 Å². The van der Waals surface area contributed by atoms with Gasteiger partial charge in [0.2, 0.25) is 0 Å². The normalized spacial score (nSPS) is 21.7. The highest BCUT2D eigenvalue weighted by Gasteiger charge is 2.39. The number of nitrogens with zero attached hydrogens (tertiary/aromatic N) is 3. The smallest absolute Gasteiger partial charge is 0.354 e. The maximum Gasteiger partial charge on any atom is 0.354 e. The molecule has 0 N–H and O–H groups in total. The van der Waals surface area contributed by atoms with Crippen LogP contribution in [0.1, 0.15) is 12.3 Å². The Balaban J connectivity index is 2.02. The van der Waals surface area contributed by atoms with E-state index in [1.54, 1.807) is 24.3 Å². The molecule has 0 saturated carbocycles. The summed E-state index contributed by atoms with van der Waals surface area (Å²) in [6.45, 7) is 0. The number of rotatable bonds is 2. The topological polar surface area (TPSA) is 58.2 Å². The molecule has 0 amide bonds. The zero-order valence-corrected chi connectivity index (χ0v) is 12.5. The quantitative estimate of drug-likeness (QED) is 0.846. The average molecular weight is 309 g/mol. The second kappa shape index (κ2) is 5.10. The van der Waals surface area contributed by atoms with E-state index in [1.165, 1.54) is 21.0 Å². The van der Waals surface area contributed by atoms with Gasteiger partial charge < -0.3 is 4.74 Å². The van der Waals surface area contributed by atoms with E-state index in [-0.39, 0.29) is 11.7 Å². The van der Waals surface area contributed by atoms with Crippen LogP contribution >= 0.6 is 0 Å². The third-order valence-electron chi connectivity index (χ3n) is 4.16. The van der Waals surface area contributed by atoms with Gasteiger partial charge in [0, 0.05) is 12.7 Å². The van der Waals surface area contributed by atoms with E-state index >= 15 is 0 Å². The summed E-state index contributed by atoms with van der Waals surface area (Å²) < 4.78 is 9.52. The molecule has 0 radical (unpaired) electrons. The van der Waals surface area contributed by atoms with Crippen LogP contribution in [0.5, 0.6) is 0 Å². The fourth-order valence-electron chi connectivity index (χ4n) is 3.17. The summed E-state index contributed by atoms with van der Waals surface area (Å²) >= 11 is 0. The summed E-state index contributed by atoms with van der Waals surface area (Å²) in [7, 11) is 1.54. The number of hydrogen-bond acceptors (Lipinski definition) is 3. The van der Waals surface area contributed by atoms with Crippen molar-refractivity contribution < 1.29 is 4.74 Å². The Kier molecular flexibility index (Phi) is 3.06. The summed E-state index contributed by atoms with van der Waals surface area (Å²) in [6.07, 6.45) is 8.83. The molecule has 4 rings (SSSR count). The van der Waals surface area contributed by atoms with E-state index in [2.05, 4.69) is 0 Å². The van der Waals surface area contributed by atoms with E-state index in [0.717, 1.165) is 5.57 Å². The minimum absolute atomic E-state index is 0.319. The Morgan fingerprint density at radius 2 is 1.70 bits per heavy atom. The Hall–Kier alpha value is -2.86. The Labute approximate surface area is 131 Å². The maximum absolute atomic E-state index is 12.9. The third-order valence-corrected chi connectivity index (χ3v) is 4.16. The van der Waals surface area contributed by atoms with Crippen molar-refractivity contribution in [3.05, 3.63) is 87.3 Å². The highest BCUT2D eigenvalue weighted by Crippen LogP contribution is 2.36. The zero-order valence-electron chi connectivity index (χ0n) is 12.5. The molecule has 6 nitrogen and oxygen atoms in total. The lowest BCUT2D eigenvalue weighted by atomic mass is 10.1. The van der Waals surface area contributed by atoms with Gasteiger partial charge in [-0.1, -0.05) is 48.6 Å². The lowest BCUT2D eigenvalue weighted by molar-refractivity contribution is 0.0708. The van der Waals surface area contributed by atoms with Crippen LogP contribution in [0.4, 0.5) is 0 Å². The number of fused-ring (bicyclic) bond motifs is 3. The molecule has 0 saturated heterocycles. The second-order valence-electron chi connectivity index (χ2n) is 5.39. The van der Waals surface area contributed by atoms with E-state index < -0.39 is 11.9 Å². The van der Waals surface area contributed by atoms with Crippen LogP contribution in [0.3, 0.4) is 0 Å². The molecule has 0 bridgehead atoms. The van der Waals surface area contributed by atoms with Crippen LogP contribution in [0.2, 0.25) is 0 Å². The fourth-order valence-corrected chi connectivity index (χ4v) is 3.17. The van der Waals surface area contributed by atoms with Gasteiger partial charge >= 0.3 is 11.4 Å². The molecule has 1 aromatic carbocycles. The molecule has 116 valence electrons. The molecule has 2 heterocycles. The van der Waals surface area contributed by atoms with Crippen LogP contribution < -0.4 is 11.4 Å². The summed E-state index contributed by atoms with van der Waals surface area (Å²) in [4.78, 5) is 25.7. The molecule has 1 aliphatic heterocycles. The van der Waals surface area contributed by atoms with Crippen LogP contribution in [0, 0.1) is 0 Å². The van der Waals surface area contributed by atoms with Gasteiger partial charge in [0.25, 0.3) is 0 Å². The molecule has 6 heteroatoms. The first-order valence-electron chi connectivity index (χ1n) is 7.33. The van der Waals surface area contributed by atoms with E-state index in [1.807, 2.05) is 36.4 Å². The fraction of sp³-hybridized carbons (Fsp3) is 0.176. The van der Waals surface area contributed by atoms with Crippen molar-refractivity contribution in [1.29, 1.82) is 0 Å². The van der Waals surface area contributed by atoms with Gasteiger partial charge in [-0.2, -0.15) is 4.68 Å². The number of hydrogen-bond donors (Lipinski definition) is 0. The SMILES string of the molecule is CO[C@H]1C2=CC=CC=C[C@@H]2n2c(=O)n(-c3ccccc3)c(=O)n21. The van der Waals surface area contributed by atoms with Gasteiger partial charge in [-0.3, -0.25) is 0 Å². The standard InChI is InChI=1S/C17H15N3O3/c1-23-15-13-10-6-3-7-11-14(13)19-16(21)18(17(22)20(15)19)12-8-4-2-5-9-12/h2-11,14-15H,1H3/t14-,15-/m0/s1.